The number of hydrogen-bond donors (Lipinski definition) is 1. The van der Waals surface area contributed by atoms with Crippen LogP contribution in [0.1, 0.15) is 39.0 Å². The summed E-state index contributed by atoms with van der Waals surface area (Å²) in [5, 5.41) is 3.39. The molecule has 98 valence electrons. The van der Waals surface area contributed by atoms with Crippen LogP contribution in [-0.4, -0.2) is 36.5 Å². The number of hydrogen-bond acceptors (Lipinski definition) is 2. The Kier molecular flexibility index (Phi) is 3.69. The first-order chi connectivity index (χ1) is 7.77. The van der Waals surface area contributed by atoms with Crippen LogP contribution in [0.25, 0.3) is 0 Å². The van der Waals surface area contributed by atoms with Crippen molar-refractivity contribution in [2.75, 3.05) is 19.6 Å². The van der Waals surface area contributed by atoms with Gasteiger partial charge < -0.3 is 10.2 Å². The predicted molar refractivity (Wildman–Crippen MR) is 70.3 cm³/mol. The molecule has 0 aromatic rings. The standard InChI is InChI=1S/C13H22N2O.ClH/c1-2-15(10-3-4-10)12(16)11-9-13(11)5-7-14-8-6-13;/h10-11,14H,2-9H2,1H3;1H. The molecule has 1 heterocycles. The maximum absolute atomic E-state index is 12.4. The summed E-state index contributed by atoms with van der Waals surface area (Å²) in [5.41, 5.74) is 0.407. The molecule has 1 unspecified atom stereocenters. The van der Waals surface area contributed by atoms with Crippen LogP contribution in [0.3, 0.4) is 0 Å². The Balaban J connectivity index is 0.00000108. The third-order valence-corrected chi connectivity index (χ3v) is 4.70. The highest BCUT2D eigenvalue weighted by Crippen LogP contribution is 2.59. The Bertz CT molecular complexity index is 298. The van der Waals surface area contributed by atoms with Crippen molar-refractivity contribution in [2.24, 2.45) is 11.3 Å². The van der Waals surface area contributed by atoms with Gasteiger partial charge in [-0.2, -0.15) is 0 Å². The monoisotopic (exact) mass is 258 g/mol. The molecule has 0 aromatic heterocycles. The van der Waals surface area contributed by atoms with Gasteiger partial charge in [0.2, 0.25) is 5.91 Å². The van der Waals surface area contributed by atoms with Crippen molar-refractivity contribution in [2.45, 2.75) is 45.1 Å². The summed E-state index contributed by atoms with van der Waals surface area (Å²) >= 11 is 0. The fourth-order valence-corrected chi connectivity index (χ4v) is 3.35. The van der Waals surface area contributed by atoms with Crippen LogP contribution in [0, 0.1) is 11.3 Å². The number of nitrogens with zero attached hydrogens (tertiary/aromatic N) is 1. The van der Waals surface area contributed by atoms with Crippen LogP contribution in [0.5, 0.6) is 0 Å². The van der Waals surface area contributed by atoms with E-state index in [4.69, 9.17) is 0 Å². The molecule has 2 aliphatic carbocycles. The third-order valence-electron chi connectivity index (χ3n) is 4.70. The van der Waals surface area contributed by atoms with Crippen molar-refractivity contribution in [1.29, 1.82) is 0 Å². The first-order valence-electron chi connectivity index (χ1n) is 6.78. The summed E-state index contributed by atoms with van der Waals surface area (Å²) in [6.07, 6.45) is 6.07. The average Bonchev–Trinajstić information content (AvgIpc) is 3.18. The highest BCUT2D eigenvalue weighted by atomic mass is 35.5. The Morgan fingerprint density at radius 1 is 1.35 bits per heavy atom. The zero-order valence-corrected chi connectivity index (χ0v) is 11.4. The molecular formula is C13H23ClN2O. The van der Waals surface area contributed by atoms with Gasteiger partial charge in [0.15, 0.2) is 0 Å². The summed E-state index contributed by atoms with van der Waals surface area (Å²) in [5.74, 6) is 0.835. The zero-order valence-electron chi connectivity index (χ0n) is 10.6. The molecule has 1 aliphatic heterocycles. The highest BCUT2D eigenvalue weighted by Gasteiger charge is 2.59. The zero-order chi connectivity index (χ0) is 11.2. The van der Waals surface area contributed by atoms with Crippen LogP contribution in [-0.2, 0) is 4.79 Å². The molecular weight excluding hydrogens is 236 g/mol. The maximum atomic E-state index is 12.4. The van der Waals surface area contributed by atoms with Crippen molar-refractivity contribution < 1.29 is 4.79 Å². The van der Waals surface area contributed by atoms with Gasteiger partial charge in [-0.05, 0) is 57.5 Å². The first-order valence-corrected chi connectivity index (χ1v) is 6.78. The second-order valence-electron chi connectivity index (χ2n) is 5.72. The summed E-state index contributed by atoms with van der Waals surface area (Å²) in [4.78, 5) is 14.5. The lowest BCUT2D eigenvalue weighted by molar-refractivity contribution is -0.134. The van der Waals surface area contributed by atoms with Crippen LogP contribution in [0.2, 0.25) is 0 Å². The van der Waals surface area contributed by atoms with Crippen molar-refractivity contribution in [3.63, 3.8) is 0 Å². The molecule has 1 N–H and O–H groups in total. The van der Waals surface area contributed by atoms with E-state index in [9.17, 15) is 4.79 Å². The lowest BCUT2D eigenvalue weighted by atomic mass is 9.91. The third kappa shape index (κ3) is 2.32. The molecule has 1 spiro atoms. The minimum absolute atomic E-state index is 0. The molecule has 0 aromatic carbocycles. The summed E-state index contributed by atoms with van der Waals surface area (Å²) < 4.78 is 0. The van der Waals surface area contributed by atoms with E-state index < -0.39 is 0 Å². The molecule has 4 heteroatoms. The van der Waals surface area contributed by atoms with Crippen LogP contribution in [0.4, 0.5) is 0 Å². The number of halogens is 1. The van der Waals surface area contributed by atoms with E-state index in [1.54, 1.807) is 0 Å². The normalized spacial score (nSPS) is 29.6. The van der Waals surface area contributed by atoms with Crippen molar-refractivity contribution in [3.8, 4) is 0 Å². The Morgan fingerprint density at radius 3 is 2.53 bits per heavy atom. The summed E-state index contributed by atoms with van der Waals surface area (Å²) in [6, 6.07) is 0.594. The van der Waals surface area contributed by atoms with Gasteiger partial charge in [-0.1, -0.05) is 0 Å². The van der Waals surface area contributed by atoms with E-state index in [2.05, 4.69) is 17.1 Å². The minimum atomic E-state index is 0. The van der Waals surface area contributed by atoms with Crippen molar-refractivity contribution in [3.05, 3.63) is 0 Å². The van der Waals surface area contributed by atoms with Crippen LogP contribution in [0.15, 0.2) is 0 Å². The molecule has 17 heavy (non-hydrogen) atoms. The Labute approximate surface area is 110 Å². The van der Waals surface area contributed by atoms with Crippen LogP contribution < -0.4 is 5.32 Å². The maximum Gasteiger partial charge on any atom is 0.226 e. The molecule has 1 atom stereocenters. The largest absolute Gasteiger partial charge is 0.340 e. The molecule has 3 nitrogen and oxygen atoms in total. The Morgan fingerprint density at radius 2 is 2.00 bits per heavy atom. The lowest BCUT2D eigenvalue weighted by Crippen LogP contribution is -2.37. The molecule has 2 saturated carbocycles. The van der Waals surface area contributed by atoms with E-state index in [-0.39, 0.29) is 12.4 Å². The molecule has 3 fully saturated rings. The second-order valence-corrected chi connectivity index (χ2v) is 5.72. The fourth-order valence-electron chi connectivity index (χ4n) is 3.35. The van der Waals surface area contributed by atoms with Crippen molar-refractivity contribution in [1.82, 2.24) is 10.2 Å². The van der Waals surface area contributed by atoms with Gasteiger partial charge in [-0.25, -0.2) is 0 Å². The van der Waals surface area contributed by atoms with Gasteiger partial charge >= 0.3 is 0 Å². The molecule has 1 saturated heterocycles. The topological polar surface area (TPSA) is 32.3 Å². The molecule has 1 amide bonds. The predicted octanol–water partition coefficient (Wildman–Crippen LogP) is 1.81. The van der Waals surface area contributed by atoms with E-state index in [0.29, 0.717) is 23.3 Å². The fraction of sp³-hybridized carbons (Fsp3) is 0.923. The summed E-state index contributed by atoms with van der Waals surface area (Å²) in [7, 11) is 0. The number of piperidine rings is 1. The van der Waals surface area contributed by atoms with Gasteiger partial charge in [0.25, 0.3) is 0 Å². The minimum Gasteiger partial charge on any atom is -0.340 e. The smallest absolute Gasteiger partial charge is 0.226 e. The molecule has 0 bridgehead atoms. The number of amides is 1. The van der Waals surface area contributed by atoms with Crippen molar-refractivity contribution >= 4 is 18.3 Å². The van der Waals surface area contributed by atoms with Crippen LogP contribution >= 0.6 is 12.4 Å². The lowest BCUT2D eigenvalue weighted by Gasteiger charge is -2.26. The Hall–Kier alpha value is -0.280. The van der Waals surface area contributed by atoms with E-state index in [1.807, 2.05) is 0 Å². The number of nitrogens with one attached hydrogen (secondary N) is 1. The van der Waals surface area contributed by atoms with E-state index >= 15 is 0 Å². The molecule has 3 aliphatic rings. The second kappa shape index (κ2) is 4.77. The highest BCUT2D eigenvalue weighted by molar-refractivity contribution is 5.85. The van der Waals surface area contributed by atoms with E-state index in [1.165, 1.54) is 25.7 Å². The number of carbonyl (C=O) groups excluding carboxylic acids is 1. The molecule has 3 rings (SSSR count). The quantitative estimate of drug-likeness (QED) is 0.838. The van der Waals surface area contributed by atoms with E-state index in [0.717, 1.165) is 26.1 Å². The van der Waals surface area contributed by atoms with Gasteiger partial charge in [0.05, 0.1) is 0 Å². The van der Waals surface area contributed by atoms with Gasteiger partial charge in [-0.3, -0.25) is 4.79 Å². The van der Waals surface area contributed by atoms with Gasteiger partial charge in [-0.15, -0.1) is 12.4 Å². The molecule has 0 radical (unpaired) electrons. The summed E-state index contributed by atoms with van der Waals surface area (Å²) in [6.45, 7) is 5.25. The SMILES string of the molecule is CCN(C(=O)C1CC12CCNCC2)C1CC1.Cl. The average molecular weight is 259 g/mol. The van der Waals surface area contributed by atoms with Gasteiger partial charge in [0.1, 0.15) is 0 Å². The first kappa shape index (κ1) is 13.2. The number of carbonyl (C=O) groups is 1. The van der Waals surface area contributed by atoms with Gasteiger partial charge in [0, 0.05) is 18.5 Å². The number of rotatable bonds is 3.